The fourth-order valence-corrected chi connectivity index (χ4v) is 3.63. The average Bonchev–Trinajstić information content (AvgIpc) is 3.38. The van der Waals surface area contributed by atoms with Crippen molar-refractivity contribution in [1.82, 2.24) is 4.57 Å². The van der Waals surface area contributed by atoms with Crippen LogP contribution in [0.25, 0.3) is 10.9 Å². The van der Waals surface area contributed by atoms with Crippen molar-refractivity contribution in [1.29, 1.82) is 0 Å². The SMILES string of the molecule is O=C(O)c1c(CC2CC2)c2ccccc2n1Cc1cccc(C(F)(F)F)c1. The Morgan fingerprint density at radius 2 is 1.85 bits per heavy atom. The van der Waals surface area contributed by atoms with E-state index in [9.17, 15) is 23.1 Å². The van der Waals surface area contributed by atoms with E-state index in [1.807, 2.05) is 24.3 Å². The minimum Gasteiger partial charge on any atom is -0.477 e. The number of hydrogen-bond acceptors (Lipinski definition) is 1. The zero-order chi connectivity index (χ0) is 19.2. The molecule has 0 spiro atoms. The first kappa shape index (κ1) is 17.6. The van der Waals surface area contributed by atoms with Gasteiger partial charge in [-0.3, -0.25) is 0 Å². The van der Waals surface area contributed by atoms with Crippen molar-refractivity contribution in [3.63, 3.8) is 0 Å². The summed E-state index contributed by atoms with van der Waals surface area (Å²) in [6.07, 6.45) is -1.56. The molecule has 0 saturated heterocycles. The Morgan fingerprint density at radius 1 is 1.11 bits per heavy atom. The quantitative estimate of drug-likeness (QED) is 0.654. The summed E-state index contributed by atoms with van der Waals surface area (Å²) in [5, 5.41) is 10.7. The van der Waals surface area contributed by atoms with Crippen LogP contribution >= 0.6 is 0 Å². The normalized spacial score (nSPS) is 14.6. The number of carbonyl (C=O) groups is 1. The van der Waals surface area contributed by atoms with Gasteiger partial charge in [-0.25, -0.2) is 4.79 Å². The van der Waals surface area contributed by atoms with Gasteiger partial charge in [0.2, 0.25) is 0 Å². The van der Waals surface area contributed by atoms with Crippen LogP contribution in [0.3, 0.4) is 0 Å². The zero-order valence-electron chi connectivity index (χ0n) is 14.5. The number of benzene rings is 2. The summed E-state index contributed by atoms with van der Waals surface area (Å²) in [6.45, 7) is 0.0801. The van der Waals surface area contributed by atoms with E-state index in [1.54, 1.807) is 10.6 Å². The molecule has 1 fully saturated rings. The number of nitrogens with zero attached hydrogens (tertiary/aromatic N) is 1. The molecule has 2 aromatic carbocycles. The van der Waals surface area contributed by atoms with E-state index in [0.29, 0.717) is 17.9 Å². The van der Waals surface area contributed by atoms with Crippen LogP contribution in [0.1, 0.15) is 40.0 Å². The van der Waals surface area contributed by atoms with Crippen molar-refractivity contribution in [2.24, 2.45) is 5.92 Å². The van der Waals surface area contributed by atoms with Gasteiger partial charge in [0.05, 0.1) is 5.56 Å². The molecule has 0 aliphatic heterocycles. The molecule has 1 aliphatic carbocycles. The predicted octanol–water partition coefficient (Wildman–Crippen LogP) is 5.36. The second kappa shape index (κ2) is 6.44. The molecule has 0 amide bonds. The molecule has 0 atom stereocenters. The lowest BCUT2D eigenvalue weighted by Gasteiger charge is -2.12. The number of para-hydroxylation sites is 1. The third-order valence-corrected chi connectivity index (χ3v) is 5.06. The third-order valence-electron chi connectivity index (χ3n) is 5.06. The zero-order valence-corrected chi connectivity index (χ0v) is 14.5. The maximum Gasteiger partial charge on any atom is 0.416 e. The number of carboxylic acids is 1. The van der Waals surface area contributed by atoms with E-state index in [2.05, 4.69) is 0 Å². The lowest BCUT2D eigenvalue weighted by atomic mass is 10.0. The van der Waals surface area contributed by atoms with Crippen molar-refractivity contribution in [2.45, 2.75) is 32.0 Å². The van der Waals surface area contributed by atoms with Gasteiger partial charge in [-0.2, -0.15) is 13.2 Å². The number of carboxylic acid groups (broad SMARTS) is 1. The summed E-state index contributed by atoms with van der Waals surface area (Å²) in [7, 11) is 0. The Bertz CT molecular complexity index is 1020. The van der Waals surface area contributed by atoms with Gasteiger partial charge in [-0.1, -0.05) is 30.3 Å². The maximum atomic E-state index is 13.0. The van der Waals surface area contributed by atoms with Crippen molar-refractivity contribution < 1.29 is 23.1 Å². The number of fused-ring (bicyclic) bond motifs is 1. The van der Waals surface area contributed by atoms with Gasteiger partial charge in [0.15, 0.2) is 0 Å². The van der Waals surface area contributed by atoms with Crippen LogP contribution in [0.4, 0.5) is 13.2 Å². The summed E-state index contributed by atoms with van der Waals surface area (Å²) >= 11 is 0. The van der Waals surface area contributed by atoms with Crippen LogP contribution in [0, 0.1) is 5.92 Å². The average molecular weight is 373 g/mol. The molecule has 4 rings (SSSR count). The predicted molar refractivity (Wildman–Crippen MR) is 95.9 cm³/mol. The first-order valence-electron chi connectivity index (χ1n) is 8.84. The molecule has 3 aromatic rings. The monoisotopic (exact) mass is 373 g/mol. The molecule has 1 aliphatic rings. The lowest BCUT2D eigenvalue weighted by molar-refractivity contribution is -0.137. The molecule has 1 N–H and O–H groups in total. The molecule has 27 heavy (non-hydrogen) atoms. The number of hydrogen-bond donors (Lipinski definition) is 1. The van der Waals surface area contributed by atoms with E-state index in [4.69, 9.17) is 0 Å². The van der Waals surface area contributed by atoms with Crippen LogP contribution in [0.5, 0.6) is 0 Å². The smallest absolute Gasteiger partial charge is 0.416 e. The van der Waals surface area contributed by atoms with Crippen molar-refractivity contribution >= 4 is 16.9 Å². The molecule has 1 heterocycles. The van der Waals surface area contributed by atoms with Crippen molar-refractivity contribution in [3.8, 4) is 0 Å². The maximum absolute atomic E-state index is 13.0. The summed E-state index contributed by atoms with van der Waals surface area (Å²) in [5.41, 5.74) is 1.40. The van der Waals surface area contributed by atoms with Crippen LogP contribution in [-0.4, -0.2) is 15.6 Å². The molecule has 0 radical (unpaired) electrons. The van der Waals surface area contributed by atoms with Crippen molar-refractivity contribution in [3.05, 3.63) is 70.9 Å². The molecule has 3 nitrogen and oxygen atoms in total. The van der Waals surface area contributed by atoms with Gasteiger partial charge < -0.3 is 9.67 Å². The van der Waals surface area contributed by atoms with Crippen LogP contribution in [0.15, 0.2) is 48.5 Å². The highest BCUT2D eigenvalue weighted by Gasteiger charge is 2.31. The highest BCUT2D eigenvalue weighted by molar-refractivity contribution is 5.98. The van der Waals surface area contributed by atoms with Gasteiger partial charge in [0.25, 0.3) is 0 Å². The summed E-state index contributed by atoms with van der Waals surface area (Å²) in [4.78, 5) is 12.0. The second-order valence-corrected chi connectivity index (χ2v) is 7.08. The summed E-state index contributed by atoms with van der Waals surface area (Å²) < 4.78 is 40.7. The van der Waals surface area contributed by atoms with E-state index in [1.165, 1.54) is 6.07 Å². The van der Waals surface area contributed by atoms with Gasteiger partial charge in [-0.15, -0.1) is 0 Å². The number of halogens is 3. The third kappa shape index (κ3) is 3.44. The topological polar surface area (TPSA) is 42.2 Å². The minimum absolute atomic E-state index is 0.0801. The van der Waals surface area contributed by atoms with Crippen LogP contribution < -0.4 is 0 Å². The Balaban J connectivity index is 1.84. The molecular formula is C21H18F3NO2. The Hall–Kier alpha value is -2.76. The molecule has 1 saturated carbocycles. The second-order valence-electron chi connectivity index (χ2n) is 7.08. The van der Waals surface area contributed by atoms with Gasteiger partial charge in [0, 0.05) is 17.4 Å². The summed E-state index contributed by atoms with van der Waals surface area (Å²) in [6, 6.07) is 12.4. The molecule has 6 heteroatoms. The van der Waals surface area contributed by atoms with Crippen LogP contribution in [-0.2, 0) is 19.1 Å². The summed E-state index contributed by atoms with van der Waals surface area (Å²) in [5.74, 6) is -0.551. The Labute approximate surface area is 154 Å². The molecule has 0 bridgehead atoms. The van der Waals surface area contributed by atoms with E-state index in [0.717, 1.165) is 41.4 Å². The fourth-order valence-electron chi connectivity index (χ4n) is 3.63. The Morgan fingerprint density at radius 3 is 2.52 bits per heavy atom. The molecule has 1 aromatic heterocycles. The number of aromatic nitrogens is 1. The minimum atomic E-state index is -4.43. The van der Waals surface area contributed by atoms with E-state index < -0.39 is 17.7 Å². The number of aromatic carboxylic acids is 1. The molecule has 0 unspecified atom stereocenters. The van der Waals surface area contributed by atoms with Gasteiger partial charge >= 0.3 is 12.1 Å². The fraction of sp³-hybridized carbons (Fsp3) is 0.286. The van der Waals surface area contributed by atoms with Crippen LogP contribution in [0.2, 0.25) is 0 Å². The number of alkyl halides is 3. The molecular weight excluding hydrogens is 355 g/mol. The van der Waals surface area contributed by atoms with E-state index >= 15 is 0 Å². The standard InChI is InChI=1S/C21H18F3NO2/c22-21(23,24)15-5-3-4-14(10-15)12-25-18-7-2-1-6-16(18)17(11-13-8-9-13)19(25)20(26)27/h1-7,10,13H,8-9,11-12H2,(H,26,27). The largest absolute Gasteiger partial charge is 0.477 e. The highest BCUT2D eigenvalue weighted by atomic mass is 19.4. The first-order chi connectivity index (χ1) is 12.8. The highest BCUT2D eigenvalue weighted by Crippen LogP contribution is 2.38. The van der Waals surface area contributed by atoms with Crippen molar-refractivity contribution in [2.75, 3.05) is 0 Å². The molecule has 140 valence electrons. The first-order valence-corrected chi connectivity index (χ1v) is 8.84. The lowest BCUT2D eigenvalue weighted by Crippen LogP contribution is -2.12. The number of rotatable bonds is 5. The van der Waals surface area contributed by atoms with Gasteiger partial charge in [0.1, 0.15) is 5.69 Å². The Kier molecular flexibility index (Phi) is 4.21. The van der Waals surface area contributed by atoms with E-state index in [-0.39, 0.29) is 12.2 Å². The van der Waals surface area contributed by atoms with Gasteiger partial charge in [-0.05, 0) is 54.5 Å².